The fraction of sp³-hybridized carbons (Fsp3) is 0.778. The second kappa shape index (κ2) is 7.89. The summed E-state index contributed by atoms with van der Waals surface area (Å²) < 4.78 is 0. The molecule has 1 unspecified atom stereocenters. The quantitative estimate of drug-likeness (QED) is 0.437. The average Bonchev–Trinajstić information content (AvgIpc) is 2.25. The SMILES string of the molecule is CCN(C)CCNC(=O)NC(CO)C(=O)O. The van der Waals surface area contributed by atoms with E-state index in [0.29, 0.717) is 13.1 Å². The monoisotopic (exact) mass is 233 g/mol. The lowest BCUT2D eigenvalue weighted by molar-refractivity contribution is -0.140. The Kier molecular flexibility index (Phi) is 7.23. The van der Waals surface area contributed by atoms with Crippen LogP contribution in [0.25, 0.3) is 0 Å². The summed E-state index contributed by atoms with van der Waals surface area (Å²) in [6.07, 6.45) is 0. The molecule has 0 heterocycles. The number of carboxylic acid groups (broad SMARTS) is 1. The lowest BCUT2D eigenvalue weighted by atomic mass is 10.3. The highest BCUT2D eigenvalue weighted by molar-refractivity contribution is 5.82. The Morgan fingerprint density at radius 2 is 2.06 bits per heavy atom. The summed E-state index contributed by atoms with van der Waals surface area (Å²) in [5.41, 5.74) is 0. The van der Waals surface area contributed by atoms with Crippen LogP contribution >= 0.6 is 0 Å². The first-order chi connectivity index (χ1) is 7.51. The lowest BCUT2D eigenvalue weighted by Gasteiger charge is -2.16. The molecule has 2 amide bonds. The third kappa shape index (κ3) is 6.20. The number of rotatable bonds is 7. The van der Waals surface area contributed by atoms with Gasteiger partial charge in [0.2, 0.25) is 0 Å². The van der Waals surface area contributed by atoms with Gasteiger partial charge in [0.25, 0.3) is 0 Å². The summed E-state index contributed by atoms with van der Waals surface area (Å²) in [6, 6.07) is -1.85. The maximum absolute atomic E-state index is 11.2. The van der Waals surface area contributed by atoms with Crippen LogP contribution in [0.1, 0.15) is 6.92 Å². The molecule has 16 heavy (non-hydrogen) atoms. The molecule has 0 aromatic rings. The first kappa shape index (κ1) is 14.7. The number of nitrogens with one attached hydrogen (secondary N) is 2. The van der Waals surface area contributed by atoms with Crippen LogP contribution < -0.4 is 10.6 Å². The summed E-state index contributed by atoms with van der Waals surface area (Å²) in [5.74, 6) is -1.26. The summed E-state index contributed by atoms with van der Waals surface area (Å²) >= 11 is 0. The van der Waals surface area contributed by atoms with Crippen LogP contribution in [0.4, 0.5) is 4.79 Å². The number of aliphatic hydroxyl groups excluding tert-OH is 1. The van der Waals surface area contributed by atoms with Gasteiger partial charge in [-0.1, -0.05) is 6.92 Å². The van der Waals surface area contributed by atoms with Crippen molar-refractivity contribution in [3.05, 3.63) is 0 Å². The molecule has 4 N–H and O–H groups in total. The van der Waals surface area contributed by atoms with Crippen molar-refractivity contribution < 1.29 is 19.8 Å². The predicted octanol–water partition coefficient (Wildman–Crippen LogP) is -1.32. The molecule has 1 atom stereocenters. The molecule has 0 bridgehead atoms. The van der Waals surface area contributed by atoms with Gasteiger partial charge in [0, 0.05) is 13.1 Å². The number of amides is 2. The van der Waals surface area contributed by atoms with Gasteiger partial charge in [-0.05, 0) is 13.6 Å². The summed E-state index contributed by atoms with van der Waals surface area (Å²) in [7, 11) is 1.91. The van der Waals surface area contributed by atoms with Gasteiger partial charge in [-0.15, -0.1) is 0 Å². The van der Waals surface area contributed by atoms with E-state index < -0.39 is 24.6 Å². The molecule has 0 spiro atoms. The Hall–Kier alpha value is -1.34. The number of hydrogen-bond acceptors (Lipinski definition) is 4. The molecule has 0 aromatic heterocycles. The summed E-state index contributed by atoms with van der Waals surface area (Å²) in [5, 5.41) is 21.9. The van der Waals surface area contributed by atoms with Gasteiger partial charge >= 0.3 is 12.0 Å². The Balaban J connectivity index is 3.77. The van der Waals surface area contributed by atoms with Crippen LogP contribution in [-0.4, -0.2) is 66.4 Å². The van der Waals surface area contributed by atoms with Gasteiger partial charge in [0.15, 0.2) is 6.04 Å². The topological polar surface area (TPSA) is 102 Å². The van der Waals surface area contributed by atoms with Gasteiger partial charge < -0.3 is 25.7 Å². The fourth-order valence-corrected chi connectivity index (χ4v) is 0.913. The van der Waals surface area contributed by atoms with E-state index in [0.717, 1.165) is 6.54 Å². The van der Waals surface area contributed by atoms with Crippen molar-refractivity contribution in [3.8, 4) is 0 Å². The normalized spacial score (nSPS) is 12.2. The minimum atomic E-state index is -1.26. The summed E-state index contributed by atoms with van der Waals surface area (Å²) in [4.78, 5) is 23.7. The molecular weight excluding hydrogens is 214 g/mol. The van der Waals surface area contributed by atoms with Crippen molar-refractivity contribution >= 4 is 12.0 Å². The Morgan fingerprint density at radius 1 is 1.44 bits per heavy atom. The third-order valence-electron chi connectivity index (χ3n) is 2.10. The van der Waals surface area contributed by atoms with Crippen molar-refractivity contribution in [2.75, 3.05) is 33.3 Å². The minimum absolute atomic E-state index is 0.425. The molecule has 94 valence electrons. The third-order valence-corrected chi connectivity index (χ3v) is 2.10. The van der Waals surface area contributed by atoms with E-state index in [9.17, 15) is 9.59 Å². The molecule has 0 saturated carbocycles. The molecule has 0 rings (SSSR count). The van der Waals surface area contributed by atoms with Crippen LogP contribution in [0, 0.1) is 0 Å². The number of carboxylic acids is 1. The van der Waals surface area contributed by atoms with Crippen molar-refractivity contribution in [1.82, 2.24) is 15.5 Å². The minimum Gasteiger partial charge on any atom is -0.480 e. The van der Waals surface area contributed by atoms with Gasteiger partial charge in [0.05, 0.1) is 6.61 Å². The zero-order valence-electron chi connectivity index (χ0n) is 9.56. The maximum atomic E-state index is 11.2. The first-order valence-corrected chi connectivity index (χ1v) is 5.07. The Morgan fingerprint density at radius 3 is 2.50 bits per heavy atom. The van der Waals surface area contributed by atoms with Crippen molar-refractivity contribution in [3.63, 3.8) is 0 Å². The van der Waals surface area contributed by atoms with E-state index in [2.05, 4.69) is 10.6 Å². The zero-order valence-corrected chi connectivity index (χ0v) is 9.56. The van der Waals surface area contributed by atoms with Crippen LogP contribution in [0.15, 0.2) is 0 Å². The lowest BCUT2D eigenvalue weighted by Crippen LogP contribution is -2.49. The predicted molar refractivity (Wildman–Crippen MR) is 58.2 cm³/mol. The van der Waals surface area contributed by atoms with Crippen LogP contribution in [-0.2, 0) is 4.79 Å². The second-order valence-electron chi connectivity index (χ2n) is 3.37. The number of carbonyl (C=O) groups is 2. The van der Waals surface area contributed by atoms with Crippen LogP contribution in [0.2, 0.25) is 0 Å². The van der Waals surface area contributed by atoms with Gasteiger partial charge in [-0.3, -0.25) is 0 Å². The average molecular weight is 233 g/mol. The number of carbonyl (C=O) groups excluding carboxylic acids is 1. The Labute approximate surface area is 94.4 Å². The molecule has 7 nitrogen and oxygen atoms in total. The van der Waals surface area contributed by atoms with Gasteiger partial charge in [-0.25, -0.2) is 9.59 Å². The first-order valence-electron chi connectivity index (χ1n) is 5.07. The smallest absolute Gasteiger partial charge is 0.328 e. The highest BCUT2D eigenvalue weighted by atomic mass is 16.4. The van der Waals surface area contributed by atoms with Crippen LogP contribution in [0.3, 0.4) is 0 Å². The largest absolute Gasteiger partial charge is 0.480 e. The number of urea groups is 1. The molecule has 0 aliphatic carbocycles. The number of likely N-dealkylation sites (N-methyl/N-ethyl adjacent to an activating group) is 1. The van der Waals surface area contributed by atoms with Crippen molar-refractivity contribution in [2.45, 2.75) is 13.0 Å². The van der Waals surface area contributed by atoms with E-state index >= 15 is 0 Å². The molecule has 0 saturated heterocycles. The number of hydrogen-bond donors (Lipinski definition) is 4. The molecule has 0 aliphatic rings. The molecule has 0 aliphatic heterocycles. The number of nitrogens with zero attached hydrogens (tertiary/aromatic N) is 1. The molecule has 0 fully saturated rings. The van der Waals surface area contributed by atoms with E-state index in [-0.39, 0.29) is 0 Å². The van der Waals surface area contributed by atoms with E-state index in [1.54, 1.807) is 0 Å². The standard InChI is InChI=1S/C9H19N3O4/c1-3-12(2)5-4-10-9(16)11-7(6-13)8(14)15/h7,13H,3-6H2,1-2H3,(H,14,15)(H2,10,11,16). The highest BCUT2D eigenvalue weighted by Crippen LogP contribution is 1.83. The zero-order chi connectivity index (χ0) is 12.6. The van der Waals surface area contributed by atoms with Crippen molar-refractivity contribution in [2.24, 2.45) is 0 Å². The second-order valence-corrected chi connectivity index (χ2v) is 3.37. The van der Waals surface area contributed by atoms with Gasteiger partial charge in [0.1, 0.15) is 0 Å². The number of aliphatic carboxylic acids is 1. The van der Waals surface area contributed by atoms with E-state index in [1.807, 2.05) is 18.9 Å². The van der Waals surface area contributed by atoms with Crippen LogP contribution in [0.5, 0.6) is 0 Å². The van der Waals surface area contributed by atoms with Gasteiger partial charge in [-0.2, -0.15) is 0 Å². The van der Waals surface area contributed by atoms with E-state index in [4.69, 9.17) is 10.2 Å². The summed E-state index contributed by atoms with van der Waals surface area (Å²) in [6.45, 7) is 3.34. The maximum Gasteiger partial charge on any atom is 0.328 e. The molecule has 7 heteroatoms. The molecule has 0 aromatic carbocycles. The fourth-order valence-electron chi connectivity index (χ4n) is 0.913. The van der Waals surface area contributed by atoms with E-state index in [1.165, 1.54) is 0 Å². The van der Waals surface area contributed by atoms with Crippen molar-refractivity contribution in [1.29, 1.82) is 0 Å². The Bertz CT molecular complexity index is 235. The highest BCUT2D eigenvalue weighted by Gasteiger charge is 2.17. The molecular formula is C9H19N3O4. The molecule has 0 radical (unpaired) electrons. The number of aliphatic hydroxyl groups is 1.